The van der Waals surface area contributed by atoms with Crippen molar-refractivity contribution in [1.82, 2.24) is 9.55 Å². The molecule has 1 N–H and O–H groups in total. The molecule has 5 heteroatoms. The Hall–Kier alpha value is -1.75. The van der Waals surface area contributed by atoms with Gasteiger partial charge in [-0.3, -0.25) is 0 Å². The number of alkyl halides is 2. The minimum atomic E-state index is -3.00. The van der Waals surface area contributed by atoms with Crippen molar-refractivity contribution in [2.24, 2.45) is 5.92 Å². The van der Waals surface area contributed by atoms with Gasteiger partial charge in [0.15, 0.2) is 0 Å². The summed E-state index contributed by atoms with van der Waals surface area (Å²) in [6, 6.07) is 7.55. The molecule has 2 aromatic rings. The normalized spacial score (nSPS) is 30.0. The fourth-order valence-electron chi connectivity index (χ4n) is 3.83. The third kappa shape index (κ3) is 1.77. The van der Waals surface area contributed by atoms with E-state index >= 15 is 0 Å². The molecule has 0 amide bonds. The molecule has 1 aliphatic heterocycles. The maximum Gasteiger partial charge on any atom is 0.273 e. The van der Waals surface area contributed by atoms with Gasteiger partial charge >= 0.3 is 0 Å². The quantitative estimate of drug-likeness (QED) is 0.875. The first-order valence-electron chi connectivity index (χ1n) is 7.26. The van der Waals surface area contributed by atoms with Crippen LogP contribution >= 0.6 is 0 Å². The topological polar surface area (TPSA) is 38.1 Å². The summed E-state index contributed by atoms with van der Waals surface area (Å²) < 4.78 is 29.7. The number of fused-ring (bicyclic) bond motifs is 3. The monoisotopic (exact) mass is 290 g/mol. The van der Waals surface area contributed by atoms with Crippen molar-refractivity contribution >= 4 is 0 Å². The van der Waals surface area contributed by atoms with Crippen LogP contribution in [0.4, 0.5) is 8.78 Å². The van der Waals surface area contributed by atoms with E-state index in [0.29, 0.717) is 12.8 Å². The number of aromatic nitrogens is 2. The Morgan fingerprint density at radius 1 is 1.29 bits per heavy atom. The first-order valence-corrected chi connectivity index (χ1v) is 7.26. The molecular weight excluding hydrogens is 274 g/mol. The Morgan fingerprint density at radius 3 is 2.95 bits per heavy atom. The molecule has 3 nitrogen and oxygen atoms in total. The number of aliphatic hydroxyl groups excluding tert-OH is 1. The lowest BCUT2D eigenvalue weighted by atomic mass is 9.77. The summed E-state index contributed by atoms with van der Waals surface area (Å²) in [7, 11) is 0. The maximum absolute atomic E-state index is 13.9. The van der Waals surface area contributed by atoms with Crippen LogP contribution in [0.15, 0.2) is 36.8 Å². The lowest BCUT2D eigenvalue weighted by Gasteiger charge is -2.38. The van der Waals surface area contributed by atoms with Crippen molar-refractivity contribution in [3.63, 3.8) is 0 Å². The zero-order valence-electron chi connectivity index (χ0n) is 11.4. The lowest BCUT2D eigenvalue weighted by Crippen LogP contribution is -2.46. The number of halogens is 2. The number of rotatable bonds is 1. The molecule has 2 heterocycles. The van der Waals surface area contributed by atoms with E-state index in [0.717, 1.165) is 16.8 Å². The highest BCUT2D eigenvalue weighted by atomic mass is 19.3. The van der Waals surface area contributed by atoms with E-state index in [1.165, 1.54) is 0 Å². The van der Waals surface area contributed by atoms with Gasteiger partial charge in [0, 0.05) is 17.9 Å². The summed E-state index contributed by atoms with van der Waals surface area (Å²) in [5, 5.41) is 10.2. The summed E-state index contributed by atoms with van der Waals surface area (Å²) in [5.41, 5.74) is 2.98. The Balaban J connectivity index is 1.82. The van der Waals surface area contributed by atoms with E-state index in [2.05, 4.69) is 4.98 Å². The molecule has 110 valence electrons. The highest BCUT2D eigenvalue weighted by molar-refractivity contribution is 5.69. The highest BCUT2D eigenvalue weighted by Gasteiger charge is 2.50. The third-order valence-electron chi connectivity index (χ3n) is 4.81. The fourth-order valence-corrected chi connectivity index (χ4v) is 3.83. The molecule has 1 aromatic carbocycles. The third-order valence-corrected chi connectivity index (χ3v) is 4.81. The summed E-state index contributed by atoms with van der Waals surface area (Å²) in [6.45, 7) is 0. The van der Waals surface area contributed by atoms with Gasteiger partial charge in [-0.05, 0) is 18.4 Å². The smallest absolute Gasteiger partial charge is 0.273 e. The first kappa shape index (κ1) is 13.0. The van der Waals surface area contributed by atoms with Crippen molar-refractivity contribution in [3.05, 3.63) is 42.4 Å². The lowest BCUT2D eigenvalue weighted by molar-refractivity contribution is -0.160. The maximum atomic E-state index is 13.9. The number of imidazole rings is 1. The van der Waals surface area contributed by atoms with Gasteiger partial charge in [-0.1, -0.05) is 24.3 Å². The molecule has 21 heavy (non-hydrogen) atoms. The molecule has 0 radical (unpaired) electrons. The number of nitrogens with zero attached hydrogens (tertiary/aromatic N) is 2. The number of aliphatic hydroxyl groups is 1. The van der Waals surface area contributed by atoms with Crippen LogP contribution in [0.3, 0.4) is 0 Å². The predicted octanol–water partition coefficient (Wildman–Crippen LogP) is 3.25. The summed E-state index contributed by atoms with van der Waals surface area (Å²) in [6.07, 6.45) is 2.66. The van der Waals surface area contributed by atoms with E-state index < -0.39 is 17.9 Å². The summed E-state index contributed by atoms with van der Waals surface area (Å²) >= 11 is 0. The molecule has 1 aromatic heterocycles. The minimum absolute atomic E-state index is 0.226. The van der Waals surface area contributed by atoms with Gasteiger partial charge in [0.1, 0.15) is 6.10 Å². The van der Waals surface area contributed by atoms with Crippen LogP contribution in [-0.4, -0.2) is 26.7 Å². The molecule has 4 rings (SSSR count). The van der Waals surface area contributed by atoms with E-state index in [-0.39, 0.29) is 12.5 Å². The zero-order chi connectivity index (χ0) is 14.6. The van der Waals surface area contributed by atoms with Crippen LogP contribution < -0.4 is 0 Å². The molecule has 1 aliphatic carbocycles. The predicted molar refractivity (Wildman–Crippen MR) is 74.1 cm³/mol. The Morgan fingerprint density at radius 2 is 2.10 bits per heavy atom. The zero-order valence-corrected chi connectivity index (χ0v) is 11.4. The Bertz CT molecular complexity index is 682. The highest BCUT2D eigenvalue weighted by Crippen LogP contribution is 2.49. The van der Waals surface area contributed by atoms with Crippen molar-refractivity contribution in [1.29, 1.82) is 0 Å². The van der Waals surface area contributed by atoms with E-state index in [4.69, 9.17) is 0 Å². The van der Waals surface area contributed by atoms with Crippen LogP contribution in [0.5, 0.6) is 0 Å². The second-order valence-corrected chi connectivity index (χ2v) is 5.98. The second-order valence-electron chi connectivity index (χ2n) is 5.98. The largest absolute Gasteiger partial charge is 0.386 e. The molecule has 0 saturated heterocycles. The van der Waals surface area contributed by atoms with E-state index in [1.807, 2.05) is 28.8 Å². The van der Waals surface area contributed by atoms with Crippen LogP contribution in [0.1, 0.15) is 30.9 Å². The summed E-state index contributed by atoms with van der Waals surface area (Å²) in [4.78, 5) is 4.14. The molecule has 1 fully saturated rings. The van der Waals surface area contributed by atoms with Gasteiger partial charge in [0.05, 0.1) is 24.3 Å². The van der Waals surface area contributed by atoms with Crippen LogP contribution in [0.25, 0.3) is 11.3 Å². The standard InChI is InChI=1S/C16H16F2N2O/c17-16(18)7-3-6-12(15(16)21)14-11-5-2-1-4-10(11)13-8-19-9-20(13)14/h1-2,4-5,8-9,12,14-15,21H,3,6-7H2/t12-,14?,15-/m1/s1. The molecular formula is C16H16F2N2O. The average molecular weight is 290 g/mol. The molecule has 1 unspecified atom stereocenters. The van der Waals surface area contributed by atoms with E-state index in [9.17, 15) is 13.9 Å². The summed E-state index contributed by atoms with van der Waals surface area (Å²) in [5.74, 6) is -3.48. The van der Waals surface area contributed by atoms with Crippen molar-refractivity contribution in [2.75, 3.05) is 0 Å². The van der Waals surface area contributed by atoms with Crippen LogP contribution in [-0.2, 0) is 0 Å². The van der Waals surface area contributed by atoms with Gasteiger partial charge in [0.25, 0.3) is 5.92 Å². The van der Waals surface area contributed by atoms with Crippen LogP contribution in [0, 0.1) is 5.92 Å². The molecule has 2 aliphatic rings. The van der Waals surface area contributed by atoms with Gasteiger partial charge in [-0.15, -0.1) is 0 Å². The van der Waals surface area contributed by atoms with Gasteiger partial charge in [0.2, 0.25) is 0 Å². The van der Waals surface area contributed by atoms with Gasteiger partial charge < -0.3 is 9.67 Å². The molecule has 0 spiro atoms. The second kappa shape index (κ2) is 4.37. The van der Waals surface area contributed by atoms with Gasteiger partial charge in [-0.2, -0.15) is 0 Å². The van der Waals surface area contributed by atoms with Crippen molar-refractivity contribution in [2.45, 2.75) is 37.3 Å². The first-order chi connectivity index (χ1) is 10.1. The fraction of sp³-hybridized carbons (Fsp3) is 0.438. The molecule has 1 saturated carbocycles. The van der Waals surface area contributed by atoms with Gasteiger partial charge in [-0.25, -0.2) is 13.8 Å². The van der Waals surface area contributed by atoms with Crippen molar-refractivity contribution < 1.29 is 13.9 Å². The van der Waals surface area contributed by atoms with E-state index in [1.54, 1.807) is 12.5 Å². The van der Waals surface area contributed by atoms with Crippen molar-refractivity contribution in [3.8, 4) is 11.3 Å². The Kier molecular flexibility index (Phi) is 2.70. The minimum Gasteiger partial charge on any atom is -0.386 e. The number of benzene rings is 1. The average Bonchev–Trinajstić information content (AvgIpc) is 3.03. The molecule has 3 atom stereocenters. The number of hydrogen-bond acceptors (Lipinski definition) is 2. The Labute approximate surface area is 121 Å². The molecule has 0 bridgehead atoms. The SMILES string of the molecule is O[C@@H]1[C@@H](C2c3ccccc3-c3cncn32)CCCC1(F)F. The van der Waals surface area contributed by atoms with Crippen LogP contribution in [0.2, 0.25) is 0 Å². The number of hydrogen-bond donors (Lipinski definition) is 1.